The number of nitrogens with one attached hydrogen (secondary N) is 1. The summed E-state index contributed by atoms with van der Waals surface area (Å²) in [5.41, 5.74) is 5.15. The molecule has 0 saturated heterocycles. The highest BCUT2D eigenvalue weighted by molar-refractivity contribution is 7.80. The number of carbonyl (C=O) groups is 1. The lowest BCUT2D eigenvalue weighted by molar-refractivity contribution is -0.126. The van der Waals surface area contributed by atoms with Gasteiger partial charge in [0.1, 0.15) is 0 Å². The Bertz CT molecular complexity index is 146. The van der Waals surface area contributed by atoms with Gasteiger partial charge in [-0.2, -0.15) is 12.6 Å². The Kier molecular flexibility index (Phi) is 5.33. The molecule has 72 valence electrons. The van der Waals surface area contributed by atoms with Gasteiger partial charge < -0.3 is 11.1 Å². The van der Waals surface area contributed by atoms with Crippen molar-refractivity contribution in [3.63, 3.8) is 0 Å². The van der Waals surface area contributed by atoms with Crippen LogP contribution < -0.4 is 11.1 Å². The highest BCUT2D eigenvalue weighted by Gasteiger charge is 2.28. The molecule has 3 N–H and O–H groups in total. The summed E-state index contributed by atoms with van der Waals surface area (Å²) in [6.07, 6.45) is 1.34. The van der Waals surface area contributed by atoms with Gasteiger partial charge in [0, 0.05) is 12.3 Å². The number of nitrogens with two attached hydrogens (primary N) is 1. The van der Waals surface area contributed by atoms with Crippen molar-refractivity contribution < 1.29 is 4.79 Å². The normalized spacial score (nSPS) is 11.3. The van der Waals surface area contributed by atoms with Crippen molar-refractivity contribution in [1.29, 1.82) is 0 Å². The molecule has 0 aromatic rings. The maximum absolute atomic E-state index is 11.4. The predicted molar refractivity (Wildman–Crippen MR) is 54.4 cm³/mol. The minimum Gasteiger partial charge on any atom is -0.354 e. The van der Waals surface area contributed by atoms with Crippen LogP contribution in [0.3, 0.4) is 0 Å². The second kappa shape index (κ2) is 5.43. The van der Waals surface area contributed by atoms with Gasteiger partial charge in [0.25, 0.3) is 0 Å². The highest BCUT2D eigenvalue weighted by atomic mass is 32.1. The van der Waals surface area contributed by atoms with Crippen molar-refractivity contribution in [3.05, 3.63) is 0 Å². The summed E-state index contributed by atoms with van der Waals surface area (Å²) < 4.78 is 0. The van der Waals surface area contributed by atoms with Crippen LogP contribution in [0.25, 0.3) is 0 Å². The molecule has 0 unspecified atom stereocenters. The number of hydrogen-bond acceptors (Lipinski definition) is 3. The zero-order chi connectivity index (χ0) is 9.61. The fourth-order valence-electron chi connectivity index (χ4n) is 0.917. The van der Waals surface area contributed by atoms with E-state index < -0.39 is 5.54 Å². The monoisotopic (exact) mass is 190 g/mol. The van der Waals surface area contributed by atoms with Gasteiger partial charge in [-0.25, -0.2) is 0 Å². The van der Waals surface area contributed by atoms with E-state index in [0.717, 1.165) is 0 Å². The molecule has 0 aromatic heterocycles. The molecule has 0 rings (SSSR count). The molecule has 0 heterocycles. The number of amides is 1. The molecule has 0 aromatic carbocycles. The topological polar surface area (TPSA) is 55.1 Å². The van der Waals surface area contributed by atoms with Gasteiger partial charge in [-0.15, -0.1) is 0 Å². The zero-order valence-corrected chi connectivity index (χ0v) is 8.66. The molecule has 0 bridgehead atoms. The first-order valence-electron chi connectivity index (χ1n) is 4.28. The lowest BCUT2D eigenvalue weighted by Gasteiger charge is -2.24. The number of rotatable bonds is 5. The standard InChI is InChI=1S/C8H18N2OS/c1-3-8(9,4-2)7(11)10-5-6-12/h12H,3-6,9H2,1-2H3,(H,10,11). The molecule has 0 atom stereocenters. The van der Waals surface area contributed by atoms with E-state index in [1.54, 1.807) is 0 Å². The molecular weight excluding hydrogens is 172 g/mol. The van der Waals surface area contributed by atoms with Crippen LogP contribution in [0.4, 0.5) is 0 Å². The maximum Gasteiger partial charge on any atom is 0.240 e. The summed E-state index contributed by atoms with van der Waals surface area (Å²) in [4.78, 5) is 11.4. The van der Waals surface area contributed by atoms with E-state index in [0.29, 0.717) is 25.1 Å². The molecule has 0 aliphatic rings. The van der Waals surface area contributed by atoms with Crippen LogP contribution >= 0.6 is 12.6 Å². The Balaban J connectivity index is 4.03. The fourth-order valence-corrected chi connectivity index (χ4v) is 1.03. The summed E-state index contributed by atoms with van der Waals surface area (Å²) in [6, 6.07) is 0. The van der Waals surface area contributed by atoms with Crippen molar-refractivity contribution >= 4 is 18.5 Å². The molecule has 0 aliphatic heterocycles. The zero-order valence-electron chi connectivity index (χ0n) is 7.76. The van der Waals surface area contributed by atoms with Crippen molar-refractivity contribution in [2.24, 2.45) is 5.73 Å². The van der Waals surface area contributed by atoms with Gasteiger partial charge in [0.05, 0.1) is 5.54 Å². The lowest BCUT2D eigenvalue weighted by atomic mass is 9.93. The van der Waals surface area contributed by atoms with Gasteiger partial charge in [-0.05, 0) is 12.8 Å². The predicted octanol–water partition coefficient (Wildman–Crippen LogP) is 0.550. The molecule has 0 fully saturated rings. The van der Waals surface area contributed by atoms with E-state index in [2.05, 4.69) is 17.9 Å². The average Bonchev–Trinajstić information content (AvgIpc) is 2.12. The van der Waals surface area contributed by atoms with Crippen molar-refractivity contribution in [2.75, 3.05) is 12.3 Å². The Morgan fingerprint density at radius 3 is 2.33 bits per heavy atom. The molecule has 0 radical (unpaired) electrons. The summed E-state index contributed by atoms with van der Waals surface area (Å²) in [6.45, 7) is 4.43. The smallest absolute Gasteiger partial charge is 0.240 e. The Labute approximate surface area is 79.5 Å². The van der Waals surface area contributed by atoms with E-state index >= 15 is 0 Å². The Hall–Kier alpha value is -0.220. The Morgan fingerprint density at radius 1 is 1.50 bits per heavy atom. The highest BCUT2D eigenvalue weighted by Crippen LogP contribution is 2.10. The summed E-state index contributed by atoms with van der Waals surface area (Å²) in [7, 11) is 0. The van der Waals surface area contributed by atoms with Crippen LogP contribution in [0.5, 0.6) is 0 Å². The van der Waals surface area contributed by atoms with Gasteiger partial charge >= 0.3 is 0 Å². The molecule has 12 heavy (non-hydrogen) atoms. The van der Waals surface area contributed by atoms with Crippen LogP contribution in [0.15, 0.2) is 0 Å². The summed E-state index contributed by atoms with van der Waals surface area (Å²) >= 11 is 3.99. The van der Waals surface area contributed by atoms with E-state index in [1.165, 1.54) is 0 Å². The average molecular weight is 190 g/mol. The van der Waals surface area contributed by atoms with E-state index in [4.69, 9.17) is 5.73 Å². The van der Waals surface area contributed by atoms with E-state index in [1.807, 2.05) is 13.8 Å². The van der Waals surface area contributed by atoms with Crippen LogP contribution in [0.1, 0.15) is 26.7 Å². The first kappa shape index (κ1) is 11.8. The van der Waals surface area contributed by atoms with Crippen LogP contribution in [-0.4, -0.2) is 23.7 Å². The Morgan fingerprint density at radius 2 is 2.00 bits per heavy atom. The first-order valence-corrected chi connectivity index (χ1v) is 4.92. The number of hydrogen-bond donors (Lipinski definition) is 3. The van der Waals surface area contributed by atoms with Gasteiger partial charge in [0.2, 0.25) is 5.91 Å². The summed E-state index contributed by atoms with van der Waals surface area (Å²) in [5.74, 6) is 0.580. The molecular formula is C8H18N2OS. The second-order valence-electron chi connectivity index (χ2n) is 2.84. The third-order valence-electron chi connectivity index (χ3n) is 2.11. The van der Waals surface area contributed by atoms with Crippen LogP contribution in [0, 0.1) is 0 Å². The van der Waals surface area contributed by atoms with Crippen LogP contribution in [-0.2, 0) is 4.79 Å². The largest absolute Gasteiger partial charge is 0.354 e. The SMILES string of the molecule is CCC(N)(CC)C(=O)NCCS. The van der Waals surface area contributed by atoms with Crippen molar-refractivity contribution in [2.45, 2.75) is 32.2 Å². The maximum atomic E-state index is 11.4. The first-order chi connectivity index (χ1) is 5.60. The molecule has 0 saturated carbocycles. The summed E-state index contributed by atoms with van der Waals surface area (Å²) in [5, 5.41) is 2.73. The van der Waals surface area contributed by atoms with Crippen LogP contribution in [0.2, 0.25) is 0 Å². The van der Waals surface area contributed by atoms with E-state index in [9.17, 15) is 4.79 Å². The number of carbonyl (C=O) groups excluding carboxylic acids is 1. The van der Waals surface area contributed by atoms with Gasteiger partial charge in [0.15, 0.2) is 0 Å². The molecule has 0 spiro atoms. The minimum absolute atomic E-state index is 0.0680. The number of thiol groups is 1. The second-order valence-corrected chi connectivity index (χ2v) is 3.29. The third-order valence-corrected chi connectivity index (χ3v) is 2.33. The van der Waals surface area contributed by atoms with E-state index in [-0.39, 0.29) is 5.91 Å². The van der Waals surface area contributed by atoms with Crippen molar-refractivity contribution in [3.8, 4) is 0 Å². The van der Waals surface area contributed by atoms with Crippen molar-refractivity contribution in [1.82, 2.24) is 5.32 Å². The molecule has 3 nitrogen and oxygen atoms in total. The molecule has 1 amide bonds. The fraction of sp³-hybridized carbons (Fsp3) is 0.875. The molecule has 4 heteroatoms. The lowest BCUT2D eigenvalue weighted by Crippen LogP contribution is -2.53. The molecule has 0 aliphatic carbocycles. The quantitative estimate of drug-likeness (QED) is 0.555. The minimum atomic E-state index is -0.692. The van der Waals surface area contributed by atoms with Gasteiger partial charge in [-0.3, -0.25) is 4.79 Å². The van der Waals surface area contributed by atoms with Gasteiger partial charge in [-0.1, -0.05) is 13.8 Å². The third kappa shape index (κ3) is 3.03.